The van der Waals surface area contributed by atoms with E-state index in [9.17, 15) is 5.21 Å². The largest absolute Gasteiger partial charge is 0.627 e. The van der Waals surface area contributed by atoms with Gasteiger partial charge in [-0.1, -0.05) is 57.0 Å². The first-order valence-corrected chi connectivity index (χ1v) is 11.6. The molecule has 0 saturated carbocycles. The van der Waals surface area contributed by atoms with Crippen LogP contribution in [0.15, 0.2) is 29.2 Å². The lowest BCUT2D eigenvalue weighted by molar-refractivity contribution is 0.0809. The molecule has 144 valence electrons. The minimum Gasteiger partial charge on any atom is -0.627 e. The van der Waals surface area contributed by atoms with Crippen LogP contribution in [0.5, 0.6) is 0 Å². The number of rotatable bonds is 7. The molecule has 4 heteroatoms. The molecule has 4 atom stereocenters. The monoisotopic (exact) mass is 374 g/mol. The Kier molecular flexibility index (Phi) is 5.66. The van der Waals surface area contributed by atoms with Gasteiger partial charge in [-0.05, 0) is 37.7 Å². The topological polar surface area (TPSA) is 26.3 Å². The Morgan fingerprint density at radius 3 is 2.69 bits per heavy atom. The van der Waals surface area contributed by atoms with Crippen LogP contribution < -0.4 is 4.65 Å². The maximum absolute atomic E-state index is 13.4. The van der Waals surface area contributed by atoms with Crippen molar-refractivity contribution in [2.75, 3.05) is 19.0 Å². The van der Waals surface area contributed by atoms with Gasteiger partial charge in [0.2, 0.25) is 0 Å². The van der Waals surface area contributed by atoms with Crippen molar-refractivity contribution in [3.63, 3.8) is 0 Å². The van der Waals surface area contributed by atoms with Gasteiger partial charge in [-0.25, -0.2) is 0 Å². The summed E-state index contributed by atoms with van der Waals surface area (Å²) in [6.45, 7) is 6.44. The van der Waals surface area contributed by atoms with E-state index in [1.54, 1.807) is 11.8 Å². The second-order valence-electron chi connectivity index (χ2n) is 8.98. The van der Waals surface area contributed by atoms with Crippen LogP contribution in [0.2, 0.25) is 0 Å². The van der Waals surface area contributed by atoms with Crippen LogP contribution in [0.25, 0.3) is 0 Å². The zero-order chi connectivity index (χ0) is 18.1. The molecule has 0 amide bonds. The molecule has 0 spiro atoms. The van der Waals surface area contributed by atoms with Gasteiger partial charge < -0.3 is 9.85 Å². The van der Waals surface area contributed by atoms with E-state index in [1.807, 2.05) is 18.2 Å². The Morgan fingerprint density at radius 1 is 1.23 bits per heavy atom. The molecule has 3 aliphatic heterocycles. The Morgan fingerprint density at radius 2 is 1.96 bits per heavy atom. The average molecular weight is 375 g/mol. The van der Waals surface area contributed by atoms with Gasteiger partial charge in [0.25, 0.3) is 0 Å². The van der Waals surface area contributed by atoms with E-state index < -0.39 is 0 Å². The van der Waals surface area contributed by atoms with Crippen molar-refractivity contribution in [3.8, 4) is 0 Å². The van der Waals surface area contributed by atoms with E-state index in [0.717, 1.165) is 36.8 Å². The number of benzene rings is 1. The number of hydrogen-bond acceptors (Lipinski definition) is 3. The normalized spacial score (nSPS) is 34.8. The summed E-state index contributed by atoms with van der Waals surface area (Å²) in [7, 11) is 0. The Labute approximate surface area is 163 Å². The molecule has 4 rings (SSSR count). The van der Waals surface area contributed by atoms with Crippen LogP contribution in [0.4, 0.5) is 5.69 Å². The molecular formula is C22H34N2OS. The minimum absolute atomic E-state index is 0.135. The van der Waals surface area contributed by atoms with Crippen molar-refractivity contribution in [3.05, 3.63) is 29.5 Å². The highest BCUT2D eigenvalue weighted by molar-refractivity contribution is 7.99. The standard InChI is InChI=1S/C22H34N2OS/c1-3-4-7-18-12-19-10-11-20(13-18)23(19)14-17(2)15-24(25)16-26-22-9-6-5-8-21(22)24/h5-6,8-9,17-20H,3-4,7,10-16H2,1-2H3/t17?,18?,19?,20?,24-/m0/s1. The molecule has 0 radical (unpaired) electrons. The highest BCUT2D eigenvalue weighted by atomic mass is 32.2. The number of thioether (sulfide) groups is 1. The lowest BCUT2D eigenvalue weighted by Crippen LogP contribution is -2.49. The SMILES string of the molecule is CCCCC1CC2CCC(C1)N2CC(C)C[N@+]1([O-])CSc2ccccc21. The molecule has 2 saturated heterocycles. The summed E-state index contributed by atoms with van der Waals surface area (Å²) < 4.78 is -0.135. The van der Waals surface area contributed by atoms with Crippen LogP contribution in [0, 0.1) is 17.0 Å². The molecule has 3 nitrogen and oxygen atoms in total. The zero-order valence-electron chi connectivity index (χ0n) is 16.4. The predicted octanol–water partition coefficient (Wildman–Crippen LogP) is 5.62. The molecule has 3 heterocycles. The lowest BCUT2D eigenvalue weighted by Gasteiger charge is -2.43. The minimum atomic E-state index is -0.135. The molecular weight excluding hydrogens is 340 g/mol. The van der Waals surface area contributed by atoms with Gasteiger partial charge >= 0.3 is 0 Å². The predicted molar refractivity (Wildman–Crippen MR) is 112 cm³/mol. The third-order valence-corrected chi connectivity index (χ3v) is 8.01. The second-order valence-corrected chi connectivity index (χ2v) is 9.97. The van der Waals surface area contributed by atoms with Crippen molar-refractivity contribution < 1.29 is 0 Å². The fraction of sp³-hybridized carbons (Fsp3) is 0.727. The zero-order valence-corrected chi connectivity index (χ0v) is 17.2. The smallest absolute Gasteiger partial charge is 0.147 e. The van der Waals surface area contributed by atoms with Crippen LogP contribution >= 0.6 is 11.8 Å². The molecule has 1 aromatic rings. The number of hydroxylamine groups is 2. The number of fused-ring (bicyclic) bond motifs is 3. The first-order valence-electron chi connectivity index (χ1n) is 10.7. The van der Waals surface area contributed by atoms with Crippen molar-refractivity contribution >= 4 is 17.4 Å². The van der Waals surface area contributed by atoms with Crippen molar-refractivity contribution in [1.82, 2.24) is 9.55 Å². The summed E-state index contributed by atoms with van der Waals surface area (Å²) in [6, 6.07) is 9.78. The van der Waals surface area contributed by atoms with Gasteiger partial charge in [-0.2, -0.15) is 0 Å². The molecule has 1 aromatic carbocycles. The third kappa shape index (κ3) is 3.71. The summed E-state index contributed by atoms with van der Waals surface area (Å²) in [4.78, 5) is 3.97. The quantitative estimate of drug-likeness (QED) is 0.457. The van der Waals surface area contributed by atoms with E-state index in [1.165, 1.54) is 49.8 Å². The van der Waals surface area contributed by atoms with Gasteiger partial charge in [0.1, 0.15) is 11.6 Å². The molecule has 3 unspecified atom stereocenters. The maximum atomic E-state index is 13.4. The first-order chi connectivity index (χ1) is 12.6. The molecule has 3 aliphatic rings. The fourth-order valence-electron chi connectivity index (χ4n) is 5.64. The van der Waals surface area contributed by atoms with Crippen molar-refractivity contribution in [2.24, 2.45) is 11.8 Å². The molecule has 0 aromatic heterocycles. The Hall–Kier alpha value is -0.550. The summed E-state index contributed by atoms with van der Waals surface area (Å²) in [6.07, 6.45) is 9.73. The summed E-state index contributed by atoms with van der Waals surface area (Å²) >= 11 is 1.73. The van der Waals surface area contributed by atoms with Gasteiger partial charge in [-0.3, -0.25) is 4.90 Å². The van der Waals surface area contributed by atoms with Crippen LogP contribution in [-0.2, 0) is 0 Å². The van der Waals surface area contributed by atoms with Crippen molar-refractivity contribution in [1.29, 1.82) is 0 Å². The average Bonchev–Trinajstić information content (AvgIpc) is 3.06. The Bertz CT molecular complexity index is 610. The number of nitrogens with zero attached hydrogens (tertiary/aromatic N) is 2. The van der Waals surface area contributed by atoms with E-state index >= 15 is 0 Å². The first kappa shape index (κ1) is 18.8. The summed E-state index contributed by atoms with van der Waals surface area (Å²) in [5.74, 6) is 2.06. The van der Waals surface area contributed by atoms with Gasteiger partial charge in [0, 0.05) is 30.6 Å². The Balaban J connectivity index is 1.35. The van der Waals surface area contributed by atoms with Gasteiger partial charge in [0.05, 0.1) is 11.4 Å². The molecule has 0 N–H and O–H groups in total. The van der Waals surface area contributed by atoms with Crippen LogP contribution in [-0.4, -0.2) is 35.9 Å². The van der Waals surface area contributed by atoms with E-state index in [0.29, 0.717) is 11.8 Å². The number of para-hydroxylation sites is 1. The summed E-state index contributed by atoms with van der Waals surface area (Å²) in [5.41, 5.74) is 0.991. The van der Waals surface area contributed by atoms with Gasteiger partial charge in [0.15, 0.2) is 0 Å². The third-order valence-electron chi connectivity index (χ3n) is 6.81. The molecule has 26 heavy (non-hydrogen) atoms. The van der Waals surface area contributed by atoms with E-state index in [4.69, 9.17) is 0 Å². The molecule has 0 aliphatic carbocycles. The second kappa shape index (κ2) is 7.83. The number of quaternary nitrogens is 1. The van der Waals surface area contributed by atoms with E-state index in [-0.39, 0.29) is 4.65 Å². The number of piperidine rings is 1. The molecule has 2 fully saturated rings. The van der Waals surface area contributed by atoms with E-state index in [2.05, 4.69) is 24.8 Å². The highest BCUT2D eigenvalue weighted by Crippen LogP contribution is 2.44. The highest BCUT2D eigenvalue weighted by Gasteiger charge is 2.41. The lowest BCUT2D eigenvalue weighted by atomic mass is 9.86. The molecule has 2 bridgehead atoms. The van der Waals surface area contributed by atoms with Gasteiger partial charge in [-0.15, -0.1) is 0 Å². The van der Waals surface area contributed by atoms with Crippen LogP contribution in [0.1, 0.15) is 58.8 Å². The summed E-state index contributed by atoms with van der Waals surface area (Å²) in [5, 5.41) is 13.4. The number of hydrogen-bond donors (Lipinski definition) is 0. The van der Waals surface area contributed by atoms with Crippen LogP contribution in [0.3, 0.4) is 0 Å². The maximum Gasteiger partial charge on any atom is 0.147 e. The van der Waals surface area contributed by atoms with Crippen molar-refractivity contribution in [2.45, 2.75) is 75.8 Å². The number of unbranched alkanes of at least 4 members (excludes halogenated alkanes) is 1. The fourth-order valence-corrected chi connectivity index (χ4v) is 6.79.